The average molecular weight is 251 g/mol. The Hall–Kier alpha value is -1.06. The van der Waals surface area contributed by atoms with Crippen LogP contribution in [0.25, 0.3) is 0 Å². The maximum atomic E-state index is 10.8. The van der Waals surface area contributed by atoms with E-state index >= 15 is 0 Å². The molecule has 2 fully saturated rings. The van der Waals surface area contributed by atoms with E-state index in [0.29, 0.717) is 22.7 Å². The smallest absolute Gasteiger partial charge is 0.332 e. The predicted octanol–water partition coefficient (Wildman–Crippen LogP) is 2.88. The van der Waals surface area contributed by atoms with E-state index in [4.69, 9.17) is 5.73 Å². The second-order valence-electron chi connectivity index (χ2n) is 6.67. The molecule has 4 heteroatoms. The van der Waals surface area contributed by atoms with Crippen LogP contribution in [0.4, 0.5) is 4.79 Å². The van der Waals surface area contributed by atoms with Gasteiger partial charge in [-0.25, -0.2) is 10.2 Å². The maximum absolute atomic E-state index is 10.8. The lowest BCUT2D eigenvalue weighted by Gasteiger charge is -2.34. The Bertz CT molecular complexity index is 386. The molecule has 2 amide bonds. The Kier molecular flexibility index (Phi) is 3.16. The van der Waals surface area contributed by atoms with Crippen LogP contribution in [0.3, 0.4) is 0 Å². The van der Waals surface area contributed by atoms with Gasteiger partial charge in [-0.05, 0) is 42.4 Å². The van der Waals surface area contributed by atoms with Crippen LogP contribution in [0, 0.1) is 22.7 Å². The fraction of sp³-hybridized carbons (Fsp3) is 0.857. The molecule has 4 nitrogen and oxygen atoms in total. The quantitative estimate of drug-likeness (QED) is 0.588. The summed E-state index contributed by atoms with van der Waals surface area (Å²) < 4.78 is 0. The van der Waals surface area contributed by atoms with Crippen molar-refractivity contribution in [3.05, 3.63) is 0 Å². The normalized spacial score (nSPS) is 37.9. The maximum Gasteiger partial charge on any atom is 0.332 e. The third kappa shape index (κ3) is 1.82. The van der Waals surface area contributed by atoms with Crippen molar-refractivity contribution in [1.29, 1.82) is 0 Å². The van der Waals surface area contributed by atoms with Crippen LogP contribution >= 0.6 is 0 Å². The van der Waals surface area contributed by atoms with Crippen molar-refractivity contribution >= 4 is 11.7 Å². The number of nitrogens with two attached hydrogens (primary N) is 1. The van der Waals surface area contributed by atoms with Crippen molar-refractivity contribution in [2.75, 3.05) is 0 Å². The summed E-state index contributed by atoms with van der Waals surface area (Å²) >= 11 is 0. The highest BCUT2D eigenvalue weighted by Gasteiger charge is 2.61. The Morgan fingerprint density at radius 1 is 1.44 bits per heavy atom. The molecule has 0 aliphatic heterocycles. The van der Waals surface area contributed by atoms with Gasteiger partial charge >= 0.3 is 6.03 Å². The Balaban J connectivity index is 2.21. The zero-order valence-corrected chi connectivity index (χ0v) is 11.9. The number of amides is 2. The van der Waals surface area contributed by atoms with Gasteiger partial charge in [0.15, 0.2) is 0 Å². The number of nitrogens with zero attached hydrogens (tertiary/aromatic N) is 1. The van der Waals surface area contributed by atoms with E-state index in [-0.39, 0.29) is 0 Å². The summed E-state index contributed by atoms with van der Waals surface area (Å²) in [6.07, 6.45) is 4.68. The van der Waals surface area contributed by atoms with Crippen molar-refractivity contribution in [3.63, 3.8) is 0 Å². The minimum absolute atomic E-state index is 0.375. The Labute approximate surface area is 109 Å². The van der Waals surface area contributed by atoms with Crippen LogP contribution in [0.15, 0.2) is 5.10 Å². The molecule has 0 saturated heterocycles. The minimum Gasteiger partial charge on any atom is -0.350 e. The highest BCUT2D eigenvalue weighted by atomic mass is 16.2. The SMILES string of the molecule is CCC(=NNC(N)=O)[C@H]1C[C@@]2(C)CC[C@@H]1C2(C)C. The van der Waals surface area contributed by atoms with E-state index in [1.54, 1.807) is 0 Å². The van der Waals surface area contributed by atoms with Gasteiger partial charge in [-0.3, -0.25) is 0 Å². The van der Waals surface area contributed by atoms with Gasteiger partial charge in [-0.1, -0.05) is 27.7 Å². The molecule has 3 N–H and O–H groups in total. The average Bonchev–Trinajstić information content (AvgIpc) is 2.61. The molecular weight excluding hydrogens is 226 g/mol. The van der Waals surface area contributed by atoms with Crippen LogP contribution in [0.5, 0.6) is 0 Å². The zero-order valence-electron chi connectivity index (χ0n) is 11.9. The van der Waals surface area contributed by atoms with Gasteiger partial charge in [-0.2, -0.15) is 5.10 Å². The van der Waals surface area contributed by atoms with Gasteiger partial charge < -0.3 is 5.73 Å². The third-order valence-electron chi connectivity index (χ3n) is 5.75. The summed E-state index contributed by atoms with van der Waals surface area (Å²) in [6.45, 7) is 9.28. The fourth-order valence-electron chi connectivity index (χ4n) is 4.20. The number of rotatable bonds is 3. The van der Waals surface area contributed by atoms with Crippen LogP contribution in [-0.4, -0.2) is 11.7 Å². The first kappa shape index (κ1) is 13.4. The van der Waals surface area contributed by atoms with Crippen LogP contribution < -0.4 is 11.2 Å². The molecule has 2 saturated carbocycles. The molecule has 0 aromatic carbocycles. The molecule has 102 valence electrons. The van der Waals surface area contributed by atoms with Gasteiger partial charge in [0.05, 0.1) is 0 Å². The van der Waals surface area contributed by atoms with Gasteiger partial charge in [0.25, 0.3) is 0 Å². The van der Waals surface area contributed by atoms with Crippen molar-refractivity contribution in [2.45, 2.75) is 53.4 Å². The number of primary amides is 1. The number of fused-ring (bicyclic) bond motifs is 2. The van der Waals surface area contributed by atoms with E-state index in [1.165, 1.54) is 19.3 Å². The van der Waals surface area contributed by atoms with E-state index < -0.39 is 6.03 Å². The van der Waals surface area contributed by atoms with Gasteiger partial charge in [0.1, 0.15) is 0 Å². The molecule has 2 bridgehead atoms. The summed E-state index contributed by atoms with van der Waals surface area (Å²) in [5, 5.41) is 4.23. The summed E-state index contributed by atoms with van der Waals surface area (Å²) in [5.74, 6) is 1.20. The molecular formula is C14H25N3O. The van der Waals surface area contributed by atoms with Gasteiger partial charge in [0, 0.05) is 11.6 Å². The fourth-order valence-corrected chi connectivity index (χ4v) is 4.20. The highest BCUT2D eigenvalue weighted by Crippen LogP contribution is 2.67. The lowest BCUT2D eigenvalue weighted by molar-refractivity contribution is 0.152. The molecule has 3 atom stereocenters. The molecule has 2 aliphatic rings. The molecule has 0 unspecified atom stereocenters. The molecule has 0 radical (unpaired) electrons. The van der Waals surface area contributed by atoms with Gasteiger partial charge in [-0.15, -0.1) is 0 Å². The lowest BCUT2D eigenvalue weighted by Crippen LogP contribution is -2.30. The molecule has 2 rings (SSSR count). The topological polar surface area (TPSA) is 67.5 Å². The zero-order chi connectivity index (χ0) is 13.6. The second kappa shape index (κ2) is 4.25. The number of hydrogen-bond acceptors (Lipinski definition) is 2. The summed E-state index contributed by atoms with van der Waals surface area (Å²) in [6, 6.07) is -0.574. The molecule has 0 aromatic heterocycles. The van der Waals surface area contributed by atoms with Crippen molar-refractivity contribution < 1.29 is 4.79 Å². The number of nitrogens with one attached hydrogen (secondary N) is 1. The van der Waals surface area contributed by atoms with Crippen molar-refractivity contribution in [1.82, 2.24) is 5.43 Å². The standard InChI is InChI=1S/C14H25N3O/c1-5-11(16-17-12(15)18)9-8-14(4)7-6-10(9)13(14,2)3/h9-10H,5-8H2,1-4H3,(H3,15,17,18)/t9-,10-,14+/m0/s1. The van der Waals surface area contributed by atoms with Crippen LogP contribution in [0.1, 0.15) is 53.4 Å². The third-order valence-corrected chi connectivity index (χ3v) is 5.75. The number of urea groups is 1. The Morgan fingerprint density at radius 3 is 2.50 bits per heavy atom. The minimum atomic E-state index is -0.574. The molecule has 18 heavy (non-hydrogen) atoms. The Morgan fingerprint density at radius 2 is 2.11 bits per heavy atom. The number of carbonyl (C=O) groups excluding carboxylic acids is 1. The largest absolute Gasteiger partial charge is 0.350 e. The van der Waals surface area contributed by atoms with Crippen molar-refractivity contribution in [3.8, 4) is 0 Å². The number of hydrogen-bond donors (Lipinski definition) is 2. The van der Waals surface area contributed by atoms with E-state index in [9.17, 15) is 4.79 Å². The molecule has 0 aromatic rings. The molecule has 0 spiro atoms. The van der Waals surface area contributed by atoms with E-state index in [1.807, 2.05) is 0 Å². The second-order valence-corrected chi connectivity index (χ2v) is 6.67. The number of carbonyl (C=O) groups is 1. The summed E-state index contributed by atoms with van der Waals surface area (Å²) in [4.78, 5) is 10.8. The monoisotopic (exact) mass is 251 g/mol. The van der Waals surface area contributed by atoms with E-state index in [0.717, 1.165) is 12.1 Å². The number of hydrazone groups is 1. The molecule has 2 aliphatic carbocycles. The van der Waals surface area contributed by atoms with Gasteiger partial charge in [0.2, 0.25) is 0 Å². The lowest BCUT2D eigenvalue weighted by atomic mass is 9.71. The molecule has 0 heterocycles. The predicted molar refractivity (Wildman–Crippen MR) is 73.2 cm³/mol. The first-order valence-electron chi connectivity index (χ1n) is 6.93. The summed E-state index contributed by atoms with van der Waals surface area (Å²) in [5.41, 5.74) is 9.40. The summed E-state index contributed by atoms with van der Waals surface area (Å²) in [7, 11) is 0. The first-order chi connectivity index (χ1) is 8.32. The van der Waals surface area contributed by atoms with Crippen molar-refractivity contribution in [2.24, 2.45) is 33.5 Å². The van der Waals surface area contributed by atoms with E-state index in [2.05, 4.69) is 38.2 Å². The van der Waals surface area contributed by atoms with Crippen LogP contribution in [-0.2, 0) is 0 Å². The first-order valence-corrected chi connectivity index (χ1v) is 6.93. The van der Waals surface area contributed by atoms with Crippen LogP contribution in [0.2, 0.25) is 0 Å². The highest BCUT2D eigenvalue weighted by molar-refractivity contribution is 5.88.